The van der Waals surface area contributed by atoms with Crippen LogP contribution >= 0.6 is 0 Å². The molecule has 1 aliphatic rings. The Morgan fingerprint density at radius 1 is 1.37 bits per heavy atom. The number of hydrogen-bond donors (Lipinski definition) is 2. The normalized spacial score (nSPS) is 17.4. The van der Waals surface area contributed by atoms with Crippen molar-refractivity contribution in [2.24, 2.45) is 11.7 Å². The van der Waals surface area contributed by atoms with Gasteiger partial charge in [0.15, 0.2) is 0 Å². The molecule has 1 saturated heterocycles. The van der Waals surface area contributed by atoms with Crippen LogP contribution in [0.4, 0.5) is 10.1 Å². The van der Waals surface area contributed by atoms with Crippen LogP contribution in [-0.2, 0) is 4.79 Å². The van der Waals surface area contributed by atoms with Gasteiger partial charge in [0.25, 0.3) is 0 Å². The Morgan fingerprint density at radius 2 is 2.05 bits per heavy atom. The lowest BCUT2D eigenvalue weighted by molar-refractivity contribution is -0.117. The van der Waals surface area contributed by atoms with Crippen molar-refractivity contribution < 1.29 is 9.18 Å². The SMILES string of the molecule is NCC1CCN(CC(=O)Nc2ccccc2F)CC1. The molecular weight excluding hydrogens is 245 g/mol. The highest BCUT2D eigenvalue weighted by Crippen LogP contribution is 2.16. The van der Waals surface area contributed by atoms with E-state index in [1.807, 2.05) is 0 Å². The number of carbonyl (C=O) groups excluding carboxylic acids is 1. The van der Waals surface area contributed by atoms with Gasteiger partial charge in [-0.3, -0.25) is 9.69 Å². The van der Waals surface area contributed by atoms with Crippen molar-refractivity contribution in [2.75, 3.05) is 31.5 Å². The average molecular weight is 265 g/mol. The number of benzene rings is 1. The van der Waals surface area contributed by atoms with Crippen LogP contribution < -0.4 is 11.1 Å². The first-order valence-electron chi connectivity index (χ1n) is 6.66. The van der Waals surface area contributed by atoms with Gasteiger partial charge in [0.05, 0.1) is 12.2 Å². The van der Waals surface area contributed by atoms with Crippen molar-refractivity contribution in [3.8, 4) is 0 Å². The van der Waals surface area contributed by atoms with Crippen molar-refractivity contribution in [1.82, 2.24) is 4.90 Å². The Morgan fingerprint density at radius 3 is 2.68 bits per heavy atom. The zero-order valence-electron chi connectivity index (χ0n) is 10.9. The van der Waals surface area contributed by atoms with Crippen molar-refractivity contribution in [3.63, 3.8) is 0 Å². The highest BCUT2D eigenvalue weighted by atomic mass is 19.1. The number of nitrogens with zero attached hydrogens (tertiary/aromatic N) is 1. The molecule has 0 saturated carbocycles. The molecule has 1 heterocycles. The van der Waals surface area contributed by atoms with Gasteiger partial charge in [-0.25, -0.2) is 4.39 Å². The van der Waals surface area contributed by atoms with Gasteiger partial charge in [-0.05, 0) is 50.5 Å². The first-order valence-corrected chi connectivity index (χ1v) is 6.66. The number of anilines is 1. The largest absolute Gasteiger partial charge is 0.330 e. The van der Waals surface area contributed by atoms with Crippen LogP contribution in [0.25, 0.3) is 0 Å². The fourth-order valence-corrected chi connectivity index (χ4v) is 2.34. The molecule has 0 radical (unpaired) electrons. The maximum Gasteiger partial charge on any atom is 0.238 e. The van der Waals surface area contributed by atoms with Crippen molar-refractivity contribution in [3.05, 3.63) is 30.1 Å². The highest BCUT2D eigenvalue weighted by Gasteiger charge is 2.20. The van der Waals surface area contributed by atoms with Gasteiger partial charge < -0.3 is 11.1 Å². The van der Waals surface area contributed by atoms with Gasteiger partial charge in [0, 0.05) is 0 Å². The first kappa shape index (κ1) is 14.0. The zero-order chi connectivity index (χ0) is 13.7. The standard InChI is InChI=1S/C14H20FN3O/c15-12-3-1-2-4-13(12)17-14(19)10-18-7-5-11(9-16)6-8-18/h1-4,11H,5-10,16H2,(H,17,19). The van der Waals surface area contributed by atoms with E-state index in [1.165, 1.54) is 6.07 Å². The average Bonchev–Trinajstić information content (AvgIpc) is 2.42. The molecule has 104 valence electrons. The third kappa shape index (κ3) is 4.01. The molecule has 0 spiro atoms. The number of piperidine rings is 1. The van der Waals surface area contributed by atoms with E-state index in [4.69, 9.17) is 5.73 Å². The quantitative estimate of drug-likeness (QED) is 0.866. The summed E-state index contributed by atoms with van der Waals surface area (Å²) in [6, 6.07) is 6.20. The smallest absolute Gasteiger partial charge is 0.238 e. The molecule has 0 aliphatic carbocycles. The van der Waals surface area contributed by atoms with Gasteiger partial charge in [-0.15, -0.1) is 0 Å². The van der Waals surface area contributed by atoms with Crippen LogP contribution in [0.3, 0.4) is 0 Å². The Balaban J connectivity index is 1.81. The van der Waals surface area contributed by atoms with E-state index in [0.717, 1.165) is 32.5 Å². The van der Waals surface area contributed by atoms with Crippen LogP contribution in [0.1, 0.15) is 12.8 Å². The van der Waals surface area contributed by atoms with Gasteiger partial charge in [0.2, 0.25) is 5.91 Å². The van der Waals surface area contributed by atoms with Crippen LogP contribution in [-0.4, -0.2) is 37.0 Å². The fourth-order valence-electron chi connectivity index (χ4n) is 2.34. The van der Waals surface area contributed by atoms with E-state index < -0.39 is 5.82 Å². The first-order chi connectivity index (χ1) is 9.19. The number of amides is 1. The zero-order valence-corrected chi connectivity index (χ0v) is 10.9. The van der Waals surface area contributed by atoms with Gasteiger partial charge in [-0.2, -0.15) is 0 Å². The minimum absolute atomic E-state index is 0.170. The van der Waals surface area contributed by atoms with Crippen LogP contribution in [0.5, 0.6) is 0 Å². The summed E-state index contributed by atoms with van der Waals surface area (Å²) in [7, 11) is 0. The number of carbonyl (C=O) groups is 1. The second-order valence-electron chi connectivity index (χ2n) is 4.98. The third-order valence-electron chi connectivity index (χ3n) is 3.56. The van der Waals surface area contributed by atoms with Gasteiger partial charge >= 0.3 is 0 Å². The predicted octanol–water partition coefficient (Wildman–Crippen LogP) is 1.43. The van der Waals surface area contributed by atoms with E-state index in [1.54, 1.807) is 18.2 Å². The summed E-state index contributed by atoms with van der Waals surface area (Å²) in [5.74, 6) is -0.000123. The highest BCUT2D eigenvalue weighted by molar-refractivity contribution is 5.92. The second kappa shape index (κ2) is 6.63. The fraction of sp³-hybridized carbons (Fsp3) is 0.500. The molecule has 1 amide bonds. The van der Waals surface area contributed by atoms with Gasteiger partial charge in [0.1, 0.15) is 5.82 Å². The molecule has 1 aromatic rings. The molecule has 0 unspecified atom stereocenters. The topological polar surface area (TPSA) is 58.4 Å². The number of nitrogens with two attached hydrogens (primary N) is 1. The molecule has 1 aromatic carbocycles. The van der Waals surface area contributed by atoms with Crippen LogP contribution in [0, 0.1) is 11.7 Å². The minimum atomic E-state index is -0.405. The summed E-state index contributed by atoms with van der Waals surface area (Å²) in [5.41, 5.74) is 5.87. The lowest BCUT2D eigenvalue weighted by Gasteiger charge is -2.30. The molecule has 5 heteroatoms. The summed E-state index contributed by atoms with van der Waals surface area (Å²) >= 11 is 0. The number of likely N-dealkylation sites (tertiary alicyclic amines) is 1. The summed E-state index contributed by atoms with van der Waals surface area (Å²) in [4.78, 5) is 13.9. The predicted molar refractivity (Wildman–Crippen MR) is 73.2 cm³/mol. The summed E-state index contributed by atoms with van der Waals surface area (Å²) < 4.78 is 13.4. The van der Waals surface area contributed by atoms with Gasteiger partial charge in [-0.1, -0.05) is 12.1 Å². The van der Waals surface area contributed by atoms with E-state index in [0.29, 0.717) is 12.5 Å². The molecule has 1 fully saturated rings. The lowest BCUT2D eigenvalue weighted by Crippen LogP contribution is -2.40. The van der Waals surface area contributed by atoms with Crippen LogP contribution in [0.15, 0.2) is 24.3 Å². The van der Waals surface area contributed by atoms with E-state index >= 15 is 0 Å². The Labute approximate surface area is 112 Å². The van der Waals surface area contributed by atoms with Crippen LogP contribution in [0.2, 0.25) is 0 Å². The number of rotatable bonds is 4. The molecule has 1 aliphatic heterocycles. The number of halogens is 1. The Kier molecular flexibility index (Phi) is 4.87. The summed E-state index contributed by atoms with van der Waals surface area (Å²) in [6.07, 6.45) is 2.06. The molecule has 4 nitrogen and oxygen atoms in total. The summed E-state index contributed by atoms with van der Waals surface area (Å²) in [5, 5.41) is 2.60. The monoisotopic (exact) mass is 265 g/mol. The summed E-state index contributed by atoms with van der Waals surface area (Å²) in [6.45, 7) is 2.79. The molecular formula is C14H20FN3O. The molecule has 0 aromatic heterocycles. The molecule has 19 heavy (non-hydrogen) atoms. The molecule has 2 rings (SSSR count). The third-order valence-corrected chi connectivity index (χ3v) is 3.56. The molecule has 0 atom stereocenters. The van der Waals surface area contributed by atoms with Crippen molar-refractivity contribution in [2.45, 2.75) is 12.8 Å². The van der Waals surface area contributed by atoms with Crippen molar-refractivity contribution >= 4 is 11.6 Å². The van der Waals surface area contributed by atoms with E-state index in [2.05, 4.69) is 10.2 Å². The second-order valence-corrected chi connectivity index (χ2v) is 4.98. The number of nitrogens with one attached hydrogen (secondary N) is 1. The Hall–Kier alpha value is -1.46. The number of para-hydroxylation sites is 1. The maximum atomic E-state index is 13.4. The van der Waals surface area contributed by atoms with E-state index in [9.17, 15) is 9.18 Å². The maximum absolute atomic E-state index is 13.4. The molecule has 3 N–H and O–H groups in total. The minimum Gasteiger partial charge on any atom is -0.330 e. The lowest BCUT2D eigenvalue weighted by atomic mass is 9.97. The number of hydrogen-bond acceptors (Lipinski definition) is 3. The van der Waals surface area contributed by atoms with Crippen molar-refractivity contribution in [1.29, 1.82) is 0 Å². The Bertz CT molecular complexity index is 430. The van der Waals surface area contributed by atoms with E-state index in [-0.39, 0.29) is 11.6 Å². The molecule has 0 bridgehead atoms.